The van der Waals surface area contributed by atoms with Gasteiger partial charge in [-0.05, 0) is 25.2 Å². The van der Waals surface area contributed by atoms with Gasteiger partial charge in [-0.25, -0.2) is 14.8 Å². The minimum Gasteiger partial charge on any atom is -0.475 e. The highest BCUT2D eigenvalue weighted by Gasteiger charge is 2.38. The van der Waals surface area contributed by atoms with Crippen LogP contribution in [-0.4, -0.2) is 33.0 Å². The Morgan fingerprint density at radius 2 is 1.91 bits per heavy atom. The molecule has 0 amide bonds. The fraction of sp³-hybridized carbons (Fsp3) is 0.417. The van der Waals surface area contributed by atoms with Crippen molar-refractivity contribution < 1.29 is 23.1 Å². The lowest BCUT2D eigenvalue weighted by Crippen LogP contribution is -2.21. The van der Waals surface area contributed by atoms with E-state index in [0.29, 0.717) is 5.82 Å². The molecule has 0 spiro atoms. The van der Waals surface area contributed by atoms with Gasteiger partial charge in [-0.2, -0.15) is 13.2 Å². The molecule has 10 heteroatoms. The standard InChI is InChI=1S/C10H13N3S2.C2HF3O2/c1-4-14-10-12-8(11)7-5(2)6(3)15-9(7)13-10;3-2(4,5)1(6)7/h4H2,1-3H3,(H2,11,12,13);(H,6,7). The number of carbonyl (C=O) groups is 1. The van der Waals surface area contributed by atoms with Gasteiger partial charge in [0.15, 0.2) is 5.16 Å². The van der Waals surface area contributed by atoms with E-state index < -0.39 is 12.1 Å². The van der Waals surface area contributed by atoms with Gasteiger partial charge in [0.05, 0.1) is 5.39 Å². The second-order valence-corrected chi connectivity index (χ2v) is 6.53. The van der Waals surface area contributed by atoms with Gasteiger partial charge in [0, 0.05) is 4.88 Å². The third-order valence-electron chi connectivity index (χ3n) is 2.55. The molecule has 0 aliphatic rings. The normalized spacial score (nSPS) is 11.2. The van der Waals surface area contributed by atoms with E-state index in [9.17, 15) is 13.2 Å². The number of nitrogens with two attached hydrogens (primary N) is 1. The minimum absolute atomic E-state index is 0.609. The van der Waals surface area contributed by atoms with Gasteiger partial charge in [0.2, 0.25) is 0 Å². The van der Waals surface area contributed by atoms with E-state index in [2.05, 4.69) is 30.7 Å². The maximum atomic E-state index is 10.6. The molecule has 122 valence electrons. The summed E-state index contributed by atoms with van der Waals surface area (Å²) >= 11 is 3.31. The molecule has 2 heterocycles. The molecular weight excluding hydrogens is 339 g/mol. The van der Waals surface area contributed by atoms with Crippen LogP contribution in [0.2, 0.25) is 0 Å². The summed E-state index contributed by atoms with van der Waals surface area (Å²) in [7, 11) is 0. The highest BCUT2D eigenvalue weighted by molar-refractivity contribution is 7.99. The Balaban J connectivity index is 0.000000295. The molecule has 0 aliphatic carbocycles. The number of anilines is 1. The molecule has 2 rings (SSSR count). The summed E-state index contributed by atoms with van der Waals surface area (Å²) in [5.41, 5.74) is 7.15. The molecule has 22 heavy (non-hydrogen) atoms. The quantitative estimate of drug-likeness (QED) is 0.633. The number of halogens is 3. The molecule has 0 unspecified atom stereocenters. The van der Waals surface area contributed by atoms with E-state index in [0.717, 1.165) is 21.1 Å². The monoisotopic (exact) mass is 353 g/mol. The Bertz CT molecular complexity index is 686. The van der Waals surface area contributed by atoms with Crippen LogP contribution in [0.1, 0.15) is 17.4 Å². The second-order valence-electron chi connectivity index (χ2n) is 4.09. The highest BCUT2D eigenvalue weighted by Crippen LogP contribution is 2.33. The van der Waals surface area contributed by atoms with Crippen LogP contribution in [0.5, 0.6) is 0 Å². The Kier molecular flexibility index (Phi) is 6.00. The van der Waals surface area contributed by atoms with Gasteiger partial charge < -0.3 is 10.8 Å². The number of hydrogen-bond acceptors (Lipinski definition) is 6. The first-order chi connectivity index (χ1) is 10.1. The van der Waals surface area contributed by atoms with E-state index in [4.69, 9.17) is 15.6 Å². The van der Waals surface area contributed by atoms with Crippen LogP contribution in [0.15, 0.2) is 5.16 Å². The molecular formula is C12H14F3N3O2S2. The number of rotatable bonds is 2. The van der Waals surface area contributed by atoms with Crippen LogP contribution in [0.4, 0.5) is 19.0 Å². The summed E-state index contributed by atoms with van der Waals surface area (Å²) in [6.07, 6.45) is -5.08. The lowest BCUT2D eigenvalue weighted by molar-refractivity contribution is -0.192. The first kappa shape index (κ1) is 18.5. The third-order valence-corrected chi connectivity index (χ3v) is 4.38. The molecule has 0 aliphatic heterocycles. The van der Waals surface area contributed by atoms with Crippen molar-refractivity contribution >= 4 is 45.1 Å². The highest BCUT2D eigenvalue weighted by atomic mass is 32.2. The number of thiophene rings is 1. The van der Waals surface area contributed by atoms with E-state index >= 15 is 0 Å². The fourth-order valence-corrected chi connectivity index (χ4v) is 3.13. The van der Waals surface area contributed by atoms with Gasteiger partial charge in [-0.15, -0.1) is 11.3 Å². The fourth-order valence-electron chi connectivity index (χ4n) is 1.45. The third kappa shape index (κ3) is 4.47. The summed E-state index contributed by atoms with van der Waals surface area (Å²) in [6, 6.07) is 0. The van der Waals surface area contributed by atoms with Crippen LogP contribution in [-0.2, 0) is 4.79 Å². The maximum Gasteiger partial charge on any atom is 0.490 e. The molecule has 5 nitrogen and oxygen atoms in total. The first-order valence-corrected chi connectivity index (χ1v) is 7.84. The van der Waals surface area contributed by atoms with Gasteiger partial charge in [-0.1, -0.05) is 18.7 Å². The van der Waals surface area contributed by atoms with E-state index in [1.165, 1.54) is 10.4 Å². The molecule has 0 radical (unpaired) electrons. The number of thioether (sulfide) groups is 1. The number of carboxylic acid groups (broad SMARTS) is 1. The number of aryl methyl sites for hydroxylation is 2. The van der Waals surface area contributed by atoms with Crippen molar-refractivity contribution in [3.05, 3.63) is 10.4 Å². The number of alkyl halides is 3. The van der Waals surface area contributed by atoms with Crippen molar-refractivity contribution in [1.82, 2.24) is 9.97 Å². The Hall–Kier alpha value is -1.55. The molecule has 0 saturated heterocycles. The number of hydrogen-bond donors (Lipinski definition) is 2. The molecule has 2 aromatic rings. The lowest BCUT2D eigenvalue weighted by Gasteiger charge is -2.00. The number of carboxylic acids is 1. The summed E-state index contributed by atoms with van der Waals surface area (Å²) in [5, 5.41) is 8.93. The van der Waals surface area contributed by atoms with Gasteiger partial charge in [-0.3, -0.25) is 0 Å². The predicted molar refractivity (Wildman–Crippen MR) is 81.4 cm³/mol. The van der Waals surface area contributed by atoms with E-state index in [1.54, 1.807) is 23.1 Å². The number of fused-ring (bicyclic) bond motifs is 1. The van der Waals surface area contributed by atoms with Gasteiger partial charge >= 0.3 is 12.1 Å². The molecule has 0 aromatic carbocycles. The first-order valence-electron chi connectivity index (χ1n) is 6.04. The molecule has 0 bridgehead atoms. The van der Waals surface area contributed by atoms with Crippen molar-refractivity contribution in [3.63, 3.8) is 0 Å². The molecule has 0 fully saturated rings. The van der Waals surface area contributed by atoms with E-state index in [1.807, 2.05) is 0 Å². The Morgan fingerprint density at radius 3 is 2.36 bits per heavy atom. The van der Waals surface area contributed by atoms with Gasteiger partial charge in [0.1, 0.15) is 10.6 Å². The number of nitrogen functional groups attached to an aromatic ring is 1. The van der Waals surface area contributed by atoms with Crippen LogP contribution in [0.3, 0.4) is 0 Å². The SMILES string of the molecule is CCSc1nc(N)c2c(C)c(C)sc2n1.O=C(O)C(F)(F)F. The average Bonchev–Trinajstić information content (AvgIpc) is 2.65. The summed E-state index contributed by atoms with van der Waals surface area (Å²) < 4.78 is 31.7. The zero-order valence-electron chi connectivity index (χ0n) is 12.0. The summed E-state index contributed by atoms with van der Waals surface area (Å²) in [4.78, 5) is 20.0. The van der Waals surface area contributed by atoms with Crippen LogP contribution in [0.25, 0.3) is 10.2 Å². The van der Waals surface area contributed by atoms with Crippen molar-refractivity contribution in [1.29, 1.82) is 0 Å². The number of aliphatic carboxylic acids is 1. The van der Waals surface area contributed by atoms with Gasteiger partial charge in [0.25, 0.3) is 0 Å². The smallest absolute Gasteiger partial charge is 0.475 e. The maximum absolute atomic E-state index is 10.6. The minimum atomic E-state index is -5.08. The zero-order chi connectivity index (χ0) is 17.1. The Labute approximate surface area is 132 Å². The van der Waals surface area contributed by atoms with Crippen LogP contribution in [0, 0.1) is 13.8 Å². The summed E-state index contributed by atoms with van der Waals surface area (Å²) in [6.45, 7) is 6.24. The summed E-state index contributed by atoms with van der Waals surface area (Å²) in [5.74, 6) is -1.18. The molecule has 0 atom stereocenters. The predicted octanol–water partition coefficient (Wildman–Crippen LogP) is 3.64. The van der Waals surface area contributed by atoms with Crippen LogP contribution >= 0.6 is 23.1 Å². The topological polar surface area (TPSA) is 89.1 Å². The van der Waals surface area contributed by atoms with Crippen molar-refractivity contribution in [2.75, 3.05) is 11.5 Å². The van der Waals surface area contributed by atoms with Crippen molar-refractivity contribution in [2.24, 2.45) is 0 Å². The average molecular weight is 353 g/mol. The molecule has 3 N–H and O–H groups in total. The largest absolute Gasteiger partial charge is 0.490 e. The Morgan fingerprint density at radius 1 is 1.36 bits per heavy atom. The second kappa shape index (κ2) is 7.14. The van der Waals surface area contributed by atoms with E-state index in [-0.39, 0.29) is 0 Å². The van der Waals surface area contributed by atoms with Crippen molar-refractivity contribution in [2.45, 2.75) is 32.1 Å². The molecule has 0 saturated carbocycles. The number of aromatic nitrogens is 2. The zero-order valence-corrected chi connectivity index (χ0v) is 13.6. The molecule has 2 aromatic heterocycles. The van der Waals surface area contributed by atoms with Crippen molar-refractivity contribution in [3.8, 4) is 0 Å². The number of nitrogens with zero attached hydrogens (tertiary/aromatic N) is 2. The lowest BCUT2D eigenvalue weighted by atomic mass is 10.2. The van der Waals surface area contributed by atoms with Crippen LogP contribution < -0.4 is 5.73 Å².